The molecule has 1 unspecified atom stereocenters. The van der Waals surface area contributed by atoms with E-state index in [1.807, 2.05) is 11.6 Å². The summed E-state index contributed by atoms with van der Waals surface area (Å²) in [5.74, 6) is -0.871. The Bertz CT molecular complexity index is 818. The van der Waals surface area contributed by atoms with Gasteiger partial charge in [-0.15, -0.1) is 0 Å². The summed E-state index contributed by atoms with van der Waals surface area (Å²) in [5, 5.41) is 14.1. The SMILES string of the molecule is CC(c1ccc(N2CC(=O)NS2(=O)=O)c(O)c1)n1cncn1. The monoisotopic (exact) mass is 323 g/mol. The highest BCUT2D eigenvalue weighted by Crippen LogP contribution is 2.33. The molecule has 2 N–H and O–H groups in total. The normalized spacial score (nSPS) is 18.2. The van der Waals surface area contributed by atoms with Crippen molar-refractivity contribution in [1.29, 1.82) is 0 Å². The van der Waals surface area contributed by atoms with E-state index in [1.165, 1.54) is 18.5 Å². The Hall–Kier alpha value is -2.62. The molecule has 0 saturated carbocycles. The average molecular weight is 323 g/mol. The number of carbonyl (C=O) groups excluding carboxylic acids is 1. The van der Waals surface area contributed by atoms with Gasteiger partial charge in [0.05, 0.1) is 11.7 Å². The molecule has 1 aliphatic rings. The smallest absolute Gasteiger partial charge is 0.326 e. The molecule has 116 valence electrons. The van der Waals surface area contributed by atoms with Gasteiger partial charge in [0, 0.05) is 0 Å². The van der Waals surface area contributed by atoms with Crippen LogP contribution in [0.5, 0.6) is 5.75 Å². The van der Waals surface area contributed by atoms with Crippen LogP contribution in [-0.4, -0.2) is 40.7 Å². The van der Waals surface area contributed by atoms with Crippen LogP contribution in [0.15, 0.2) is 30.9 Å². The maximum Gasteiger partial charge on any atom is 0.326 e. The van der Waals surface area contributed by atoms with Crippen LogP contribution in [0.2, 0.25) is 0 Å². The number of phenols is 1. The molecule has 1 fully saturated rings. The molecule has 1 aromatic carbocycles. The molecule has 0 aliphatic carbocycles. The number of benzene rings is 1. The molecule has 22 heavy (non-hydrogen) atoms. The topological polar surface area (TPSA) is 117 Å². The lowest BCUT2D eigenvalue weighted by Crippen LogP contribution is -2.29. The van der Waals surface area contributed by atoms with Crippen LogP contribution in [0.25, 0.3) is 0 Å². The van der Waals surface area contributed by atoms with Crippen LogP contribution in [0, 0.1) is 0 Å². The average Bonchev–Trinajstić information content (AvgIpc) is 3.05. The molecule has 9 nitrogen and oxygen atoms in total. The van der Waals surface area contributed by atoms with E-state index < -0.39 is 16.1 Å². The fourth-order valence-corrected chi connectivity index (χ4v) is 3.41. The summed E-state index contributed by atoms with van der Waals surface area (Å²) in [6.07, 6.45) is 2.95. The summed E-state index contributed by atoms with van der Waals surface area (Å²) in [7, 11) is -3.94. The number of phenolic OH excluding ortho intramolecular Hbond substituents is 1. The highest BCUT2D eigenvalue weighted by Gasteiger charge is 2.35. The number of anilines is 1. The van der Waals surface area contributed by atoms with Crippen molar-refractivity contribution in [3.8, 4) is 5.75 Å². The number of nitrogens with zero attached hydrogens (tertiary/aromatic N) is 4. The number of hydrogen-bond donors (Lipinski definition) is 2. The molecule has 0 radical (unpaired) electrons. The summed E-state index contributed by atoms with van der Waals surface area (Å²) in [6, 6.07) is 4.38. The molecular weight excluding hydrogens is 310 g/mol. The zero-order valence-corrected chi connectivity index (χ0v) is 12.4. The highest BCUT2D eigenvalue weighted by molar-refractivity contribution is 7.92. The first-order valence-corrected chi connectivity index (χ1v) is 7.83. The zero-order chi connectivity index (χ0) is 15.9. The van der Waals surface area contributed by atoms with Crippen LogP contribution < -0.4 is 9.03 Å². The Morgan fingerprint density at radius 1 is 1.41 bits per heavy atom. The largest absolute Gasteiger partial charge is 0.506 e. The maximum absolute atomic E-state index is 11.8. The summed E-state index contributed by atoms with van der Waals surface area (Å²) in [5.41, 5.74) is 0.774. The maximum atomic E-state index is 11.8. The van der Waals surface area contributed by atoms with E-state index in [9.17, 15) is 18.3 Å². The second-order valence-electron chi connectivity index (χ2n) is 4.84. The van der Waals surface area contributed by atoms with Crippen LogP contribution >= 0.6 is 0 Å². The molecule has 0 bridgehead atoms. The number of amides is 1. The Balaban J connectivity index is 1.95. The van der Waals surface area contributed by atoms with Gasteiger partial charge in [0.1, 0.15) is 24.9 Å². The third kappa shape index (κ3) is 2.37. The van der Waals surface area contributed by atoms with Crippen LogP contribution in [-0.2, 0) is 15.0 Å². The van der Waals surface area contributed by atoms with Crippen molar-refractivity contribution in [2.75, 3.05) is 10.8 Å². The van der Waals surface area contributed by atoms with E-state index in [0.717, 1.165) is 9.87 Å². The van der Waals surface area contributed by atoms with Gasteiger partial charge in [-0.25, -0.2) is 18.7 Å². The predicted molar refractivity (Wildman–Crippen MR) is 76.4 cm³/mol. The van der Waals surface area contributed by atoms with E-state index in [2.05, 4.69) is 10.1 Å². The number of nitrogens with one attached hydrogen (secondary N) is 1. The van der Waals surface area contributed by atoms with Gasteiger partial charge in [-0.2, -0.15) is 13.5 Å². The van der Waals surface area contributed by atoms with Crippen molar-refractivity contribution in [2.24, 2.45) is 0 Å². The highest BCUT2D eigenvalue weighted by atomic mass is 32.2. The second-order valence-corrected chi connectivity index (χ2v) is 6.43. The molecule has 1 aromatic heterocycles. The first-order valence-electron chi connectivity index (χ1n) is 6.39. The minimum absolute atomic E-state index is 0.0490. The molecule has 2 aromatic rings. The quantitative estimate of drug-likeness (QED) is 0.806. The third-order valence-electron chi connectivity index (χ3n) is 3.40. The van der Waals surface area contributed by atoms with E-state index in [4.69, 9.17) is 0 Å². The lowest BCUT2D eigenvalue weighted by Gasteiger charge is -2.18. The lowest BCUT2D eigenvalue weighted by molar-refractivity contribution is -0.117. The Kier molecular flexibility index (Phi) is 3.24. The number of hydrogen-bond acceptors (Lipinski definition) is 6. The standard InChI is InChI=1S/C12H13N5O4S/c1-8(16-7-13-6-14-16)9-2-3-10(11(18)4-9)17-5-12(19)15-22(17,20)21/h2-4,6-8,18H,5H2,1H3,(H,15,19). The molecule has 3 rings (SSSR count). The van der Waals surface area contributed by atoms with Crippen molar-refractivity contribution in [2.45, 2.75) is 13.0 Å². The van der Waals surface area contributed by atoms with Gasteiger partial charge in [0.15, 0.2) is 0 Å². The van der Waals surface area contributed by atoms with Gasteiger partial charge < -0.3 is 5.11 Å². The first-order chi connectivity index (χ1) is 10.4. The van der Waals surface area contributed by atoms with E-state index in [-0.39, 0.29) is 24.0 Å². The van der Waals surface area contributed by atoms with Crippen molar-refractivity contribution >= 4 is 21.8 Å². The van der Waals surface area contributed by atoms with Crippen molar-refractivity contribution in [1.82, 2.24) is 19.5 Å². The van der Waals surface area contributed by atoms with Gasteiger partial charge in [-0.3, -0.25) is 4.79 Å². The van der Waals surface area contributed by atoms with E-state index in [1.54, 1.807) is 17.1 Å². The number of rotatable bonds is 3. The second kappa shape index (κ2) is 4.98. The van der Waals surface area contributed by atoms with Crippen molar-refractivity contribution in [3.63, 3.8) is 0 Å². The minimum Gasteiger partial charge on any atom is -0.506 e. The summed E-state index contributed by atoms with van der Waals surface area (Å²) >= 11 is 0. The molecule has 1 saturated heterocycles. The first kappa shape index (κ1) is 14.3. The van der Waals surface area contributed by atoms with Gasteiger partial charge in [0.2, 0.25) is 0 Å². The fraction of sp³-hybridized carbons (Fsp3) is 0.250. The zero-order valence-electron chi connectivity index (χ0n) is 11.5. The third-order valence-corrected chi connectivity index (χ3v) is 4.80. The van der Waals surface area contributed by atoms with Crippen LogP contribution in [0.1, 0.15) is 18.5 Å². The molecule has 1 amide bonds. The van der Waals surface area contributed by atoms with Gasteiger partial charge in [-0.05, 0) is 24.6 Å². The number of aromatic nitrogens is 3. The number of aromatic hydroxyl groups is 1. The Labute approximate surface area is 126 Å². The lowest BCUT2D eigenvalue weighted by atomic mass is 10.1. The van der Waals surface area contributed by atoms with Gasteiger partial charge in [0.25, 0.3) is 5.91 Å². The molecule has 10 heteroatoms. The van der Waals surface area contributed by atoms with E-state index in [0.29, 0.717) is 0 Å². The van der Waals surface area contributed by atoms with Gasteiger partial charge >= 0.3 is 10.2 Å². The van der Waals surface area contributed by atoms with Crippen LogP contribution in [0.4, 0.5) is 5.69 Å². The van der Waals surface area contributed by atoms with Crippen LogP contribution in [0.3, 0.4) is 0 Å². The summed E-state index contributed by atoms with van der Waals surface area (Å²) < 4.78 is 27.9. The Morgan fingerprint density at radius 2 is 2.18 bits per heavy atom. The van der Waals surface area contributed by atoms with Crippen molar-refractivity contribution < 1.29 is 18.3 Å². The fourth-order valence-electron chi connectivity index (χ4n) is 2.24. The number of carbonyl (C=O) groups is 1. The summed E-state index contributed by atoms with van der Waals surface area (Å²) in [6.45, 7) is 1.51. The molecule has 2 heterocycles. The van der Waals surface area contributed by atoms with Gasteiger partial charge in [-0.1, -0.05) is 6.07 Å². The molecule has 1 atom stereocenters. The predicted octanol–water partition coefficient (Wildman–Crippen LogP) is -0.226. The Morgan fingerprint density at radius 3 is 2.73 bits per heavy atom. The van der Waals surface area contributed by atoms with Crippen molar-refractivity contribution in [3.05, 3.63) is 36.4 Å². The molecule has 1 aliphatic heterocycles. The van der Waals surface area contributed by atoms with E-state index >= 15 is 0 Å². The minimum atomic E-state index is -3.94. The molecular formula is C12H13N5O4S. The summed E-state index contributed by atoms with van der Waals surface area (Å²) in [4.78, 5) is 15.1. The molecule has 0 spiro atoms.